The number of amides is 1. The Morgan fingerprint density at radius 1 is 1.26 bits per heavy atom. The highest BCUT2D eigenvalue weighted by Gasteiger charge is 2.16. The van der Waals surface area contributed by atoms with Gasteiger partial charge in [0.15, 0.2) is 0 Å². The summed E-state index contributed by atoms with van der Waals surface area (Å²) in [6.07, 6.45) is 5.28. The van der Waals surface area contributed by atoms with E-state index in [1.807, 2.05) is 24.3 Å². The zero-order chi connectivity index (χ0) is 13.5. The van der Waals surface area contributed by atoms with E-state index in [2.05, 4.69) is 10.6 Å². The largest absolute Gasteiger partial charge is 0.490 e. The second kappa shape index (κ2) is 7.14. The minimum absolute atomic E-state index is 0.00813. The topological polar surface area (TPSA) is 50.4 Å². The maximum Gasteiger partial charge on any atom is 0.234 e. The van der Waals surface area contributed by atoms with Gasteiger partial charge in [0.1, 0.15) is 5.75 Å². The van der Waals surface area contributed by atoms with Gasteiger partial charge in [-0.15, -0.1) is 0 Å². The molecule has 0 radical (unpaired) electrons. The zero-order valence-electron chi connectivity index (χ0n) is 11.4. The third-order valence-corrected chi connectivity index (χ3v) is 3.36. The normalized spacial score (nSPS) is 15.4. The van der Waals surface area contributed by atoms with E-state index in [4.69, 9.17) is 4.74 Å². The fraction of sp³-hybridized carbons (Fsp3) is 0.533. The van der Waals surface area contributed by atoms with E-state index in [-0.39, 0.29) is 5.91 Å². The van der Waals surface area contributed by atoms with Gasteiger partial charge in [-0.05, 0) is 50.4 Å². The Labute approximate surface area is 114 Å². The molecular formula is C15H22N2O2. The Bertz CT molecular complexity index is 397. The third kappa shape index (κ3) is 4.56. The fourth-order valence-electron chi connectivity index (χ4n) is 2.31. The first-order valence-corrected chi connectivity index (χ1v) is 6.95. The molecule has 2 N–H and O–H groups in total. The fourth-order valence-corrected chi connectivity index (χ4v) is 2.31. The van der Waals surface area contributed by atoms with Crippen molar-refractivity contribution in [2.45, 2.75) is 38.3 Å². The van der Waals surface area contributed by atoms with Gasteiger partial charge in [0, 0.05) is 6.54 Å². The van der Waals surface area contributed by atoms with E-state index in [1.165, 1.54) is 25.7 Å². The second-order valence-electron chi connectivity index (χ2n) is 4.98. The van der Waals surface area contributed by atoms with Gasteiger partial charge >= 0.3 is 0 Å². The standard InChI is InChI=1S/C15H22N2O2/c1-16-11-15(18)17-10-12-6-8-14(9-7-12)19-13-4-2-3-5-13/h6-9,13,16H,2-5,10-11H2,1H3,(H,17,18). The highest BCUT2D eigenvalue weighted by Crippen LogP contribution is 2.24. The summed E-state index contributed by atoms with van der Waals surface area (Å²) < 4.78 is 5.90. The molecule has 1 aliphatic rings. The van der Waals surface area contributed by atoms with Crippen molar-refractivity contribution in [1.82, 2.24) is 10.6 Å². The summed E-state index contributed by atoms with van der Waals surface area (Å²) in [5.74, 6) is 0.936. The van der Waals surface area contributed by atoms with Crippen LogP contribution in [0.25, 0.3) is 0 Å². The summed E-state index contributed by atoms with van der Waals surface area (Å²) in [7, 11) is 1.76. The van der Waals surface area contributed by atoms with Crippen LogP contribution in [0.1, 0.15) is 31.2 Å². The van der Waals surface area contributed by atoms with Gasteiger partial charge < -0.3 is 15.4 Å². The molecule has 0 heterocycles. The maximum absolute atomic E-state index is 11.3. The number of likely N-dealkylation sites (N-methyl/N-ethyl adjacent to an activating group) is 1. The van der Waals surface area contributed by atoms with Gasteiger partial charge in [0.2, 0.25) is 5.91 Å². The zero-order valence-corrected chi connectivity index (χ0v) is 11.4. The van der Waals surface area contributed by atoms with E-state index in [0.29, 0.717) is 19.2 Å². The summed E-state index contributed by atoms with van der Waals surface area (Å²) >= 11 is 0. The molecule has 0 spiro atoms. The lowest BCUT2D eigenvalue weighted by atomic mass is 10.2. The monoisotopic (exact) mass is 262 g/mol. The molecule has 0 bridgehead atoms. The molecule has 104 valence electrons. The van der Waals surface area contributed by atoms with E-state index in [0.717, 1.165) is 11.3 Å². The number of rotatable bonds is 6. The Morgan fingerprint density at radius 2 is 1.95 bits per heavy atom. The van der Waals surface area contributed by atoms with E-state index < -0.39 is 0 Å². The molecule has 0 atom stereocenters. The number of carbonyl (C=O) groups excluding carboxylic acids is 1. The SMILES string of the molecule is CNCC(=O)NCc1ccc(OC2CCCC2)cc1. The van der Waals surface area contributed by atoms with Gasteiger partial charge in [0.05, 0.1) is 12.6 Å². The average molecular weight is 262 g/mol. The van der Waals surface area contributed by atoms with Crippen LogP contribution in [-0.4, -0.2) is 25.6 Å². The lowest BCUT2D eigenvalue weighted by Gasteiger charge is -2.13. The number of carbonyl (C=O) groups is 1. The molecular weight excluding hydrogens is 240 g/mol. The van der Waals surface area contributed by atoms with E-state index in [1.54, 1.807) is 7.05 Å². The lowest BCUT2D eigenvalue weighted by molar-refractivity contribution is -0.120. The van der Waals surface area contributed by atoms with Gasteiger partial charge in [-0.3, -0.25) is 4.79 Å². The number of hydrogen-bond acceptors (Lipinski definition) is 3. The molecule has 0 unspecified atom stereocenters. The van der Waals surface area contributed by atoms with Gasteiger partial charge in [-0.2, -0.15) is 0 Å². The predicted octanol–water partition coefficient (Wildman–Crippen LogP) is 1.84. The Morgan fingerprint density at radius 3 is 2.58 bits per heavy atom. The average Bonchev–Trinajstić information content (AvgIpc) is 2.91. The Balaban J connectivity index is 1.79. The molecule has 1 fully saturated rings. The molecule has 1 aromatic carbocycles. The van der Waals surface area contributed by atoms with Crippen LogP contribution < -0.4 is 15.4 Å². The number of benzene rings is 1. The van der Waals surface area contributed by atoms with Crippen molar-refractivity contribution in [3.8, 4) is 5.75 Å². The molecule has 1 amide bonds. The Hall–Kier alpha value is -1.55. The number of ether oxygens (including phenoxy) is 1. The van der Waals surface area contributed by atoms with Crippen molar-refractivity contribution in [2.24, 2.45) is 0 Å². The van der Waals surface area contributed by atoms with Crippen molar-refractivity contribution in [3.63, 3.8) is 0 Å². The highest BCUT2D eigenvalue weighted by atomic mass is 16.5. The summed E-state index contributed by atoms with van der Waals surface area (Å²) in [5.41, 5.74) is 1.09. The van der Waals surface area contributed by atoms with Crippen LogP contribution >= 0.6 is 0 Å². The van der Waals surface area contributed by atoms with Crippen molar-refractivity contribution >= 4 is 5.91 Å². The summed E-state index contributed by atoms with van der Waals surface area (Å²) in [5, 5.41) is 5.67. The molecule has 4 heteroatoms. The van der Waals surface area contributed by atoms with Crippen molar-refractivity contribution in [2.75, 3.05) is 13.6 Å². The molecule has 0 aromatic heterocycles. The smallest absolute Gasteiger partial charge is 0.234 e. The van der Waals surface area contributed by atoms with Crippen LogP contribution in [0.4, 0.5) is 0 Å². The van der Waals surface area contributed by atoms with Gasteiger partial charge in [0.25, 0.3) is 0 Å². The first-order valence-electron chi connectivity index (χ1n) is 6.95. The minimum atomic E-state index is 0.00813. The van der Waals surface area contributed by atoms with E-state index >= 15 is 0 Å². The van der Waals surface area contributed by atoms with Crippen molar-refractivity contribution < 1.29 is 9.53 Å². The molecule has 1 aromatic rings. The molecule has 1 saturated carbocycles. The van der Waals surface area contributed by atoms with Crippen LogP contribution in [0.2, 0.25) is 0 Å². The first-order chi connectivity index (χ1) is 9.28. The molecule has 1 aliphatic carbocycles. The third-order valence-electron chi connectivity index (χ3n) is 3.36. The quantitative estimate of drug-likeness (QED) is 0.822. The molecule has 4 nitrogen and oxygen atoms in total. The van der Waals surface area contributed by atoms with Crippen LogP contribution in [0.3, 0.4) is 0 Å². The summed E-state index contributed by atoms with van der Waals surface area (Å²) in [4.78, 5) is 11.3. The van der Waals surface area contributed by atoms with Crippen LogP contribution in [0.5, 0.6) is 5.75 Å². The summed E-state index contributed by atoms with van der Waals surface area (Å²) in [6.45, 7) is 0.910. The van der Waals surface area contributed by atoms with Crippen molar-refractivity contribution in [1.29, 1.82) is 0 Å². The predicted molar refractivity (Wildman–Crippen MR) is 75.1 cm³/mol. The van der Waals surface area contributed by atoms with Crippen LogP contribution in [-0.2, 0) is 11.3 Å². The number of nitrogens with one attached hydrogen (secondary N) is 2. The van der Waals surface area contributed by atoms with Crippen molar-refractivity contribution in [3.05, 3.63) is 29.8 Å². The first kappa shape index (κ1) is 13.9. The molecule has 0 saturated heterocycles. The number of hydrogen-bond donors (Lipinski definition) is 2. The summed E-state index contributed by atoms with van der Waals surface area (Å²) in [6, 6.07) is 7.98. The molecule has 19 heavy (non-hydrogen) atoms. The molecule has 2 rings (SSSR count). The second-order valence-corrected chi connectivity index (χ2v) is 4.98. The lowest BCUT2D eigenvalue weighted by Crippen LogP contribution is -2.31. The Kier molecular flexibility index (Phi) is 5.21. The molecule has 0 aliphatic heterocycles. The highest BCUT2D eigenvalue weighted by molar-refractivity contribution is 5.77. The van der Waals surface area contributed by atoms with Crippen LogP contribution in [0.15, 0.2) is 24.3 Å². The minimum Gasteiger partial charge on any atom is -0.490 e. The van der Waals surface area contributed by atoms with Gasteiger partial charge in [-0.1, -0.05) is 12.1 Å². The van der Waals surface area contributed by atoms with Crippen LogP contribution in [0, 0.1) is 0 Å². The maximum atomic E-state index is 11.3. The van der Waals surface area contributed by atoms with E-state index in [9.17, 15) is 4.79 Å². The van der Waals surface area contributed by atoms with Gasteiger partial charge in [-0.25, -0.2) is 0 Å².